The molecule has 1 amide bonds. The van der Waals surface area contributed by atoms with Crippen molar-refractivity contribution in [2.24, 2.45) is 0 Å². The molecule has 1 aliphatic heterocycles. The van der Waals surface area contributed by atoms with E-state index in [1.165, 1.54) is 0 Å². The molecule has 0 saturated carbocycles. The van der Waals surface area contributed by atoms with Crippen molar-refractivity contribution in [1.82, 2.24) is 15.0 Å². The van der Waals surface area contributed by atoms with Gasteiger partial charge < -0.3 is 19.3 Å². The average Bonchev–Trinajstić information content (AvgIpc) is 3.28. The average molecular weight is 393 g/mol. The Balaban J connectivity index is 1.48. The van der Waals surface area contributed by atoms with E-state index in [4.69, 9.17) is 9.26 Å². The van der Waals surface area contributed by atoms with Crippen LogP contribution in [0.2, 0.25) is 0 Å². The lowest BCUT2D eigenvalue weighted by molar-refractivity contribution is -0.138. The summed E-state index contributed by atoms with van der Waals surface area (Å²) in [6, 6.07) is 16.4. The van der Waals surface area contributed by atoms with Gasteiger partial charge in [-0.05, 0) is 43.0 Å². The number of ether oxygens (including phenoxy) is 1. The summed E-state index contributed by atoms with van der Waals surface area (Å²) in [6.07, 6.45) is 2.70. The SMILES string of the molecule is O=C(COc1ccccc1)N1CCCCC1c1nc(-c2cccc(CO)c2)no1. The van der Waals surface area contributed by atoms with Gasteiger partial charge in [0.15, 0.2) is 6.61 Å². The predicted molar refractivity (Wildman–Crippen MR) is 106 cm³/mol. The summed E-state index contributed by atoms with van der Waals surface area (Å²) in [7, 11) is 0. The second-order valence-electron chi connectivity index (χ2n) is 7.02. The highest BCUT2D eigenvalue weighted by molar-refractivity contribution is 5.78. The number of carbonyl (C=O) groups is 1. The number of piperidine rings is 1. The maximum absolute atomic E-state index is 12.8. The molecule has 1 aromatic heterocycles. The number of hydrogen-bond donors (Lipinski definition) is 1. The van der Waals surface area contributed by atoms with Gasteiger partial charge in [-0.25, -0.2) is 0 Å². The van der Waals surface area contributed by atoms with E-state index in [-0.39, 0.29) is 25.2 Å². The largest absolute Gasteiger partial charge is 0.484 e. The number of aliphatic hydroxyl groups is 1. The quantitative estimate of drug-likeness (QED) is 0.691. The Labute approximate surface area is 168 Å². The van der Waals surface area contributed by atoms with Gasteiger partial charge in [0.2, 0.25) is 11.7 Å². The lowest BCUT2D eigenvalue weighted by Gasteiger charge is -2.33. The summed E-state index contributed by atoms with van der Waals surface area (Å²) in [5.41, 5.74) is 1.55. The molecular formula is C22H23N3O4. The Hall–Kier alpha value is -3.19. The van der Waals surface area contributed by atoms with Crippen molar-refractivity contribution in [3.8, 4) is 17.1 Å². The van der Waals surface area contributed by atoms with Crippen molar-refractivity contribution < 1.29 is 19.2 Å². The predicted octanol–water partition coefficient (Wildman–Crippen LogP) is 3.36. The second kappa shape index (κ2) is 8.87. The van der Waals surface area contributed by atoms with Gasteiger partial charge in [0.25, 0.3) is 5.91 Å². The molecular weight excluding hydrogens is 370 g/mol. The monoisotopic (exact) mass is 393 g/mol. The molecule has 1 atom stereocenters. The van der Waals surface area contributed by atoms with Crippen molar-refractivity contribution in [2.45, 2.75) is 31.9 Å². The number of carbonyl (C=O) groups excluding carboxylic acids is 1. The third kappa shape index (κ3) is 4.46. The Morgan fingerprint density at radius 3 is 2.86 bits per heavy atom. The minimum Gasteiger partial charge on any atom is -0.484 e. The smallest absolute Gasteiger partial charge is 0.261 e. The van der Waals surface area contributed by atoms with Crippen molar-refractivity contribution >= 4 is 5.91 Å². The highest BCUT2D eigenvalue weighted by atomic mass is 16.5. The molecule has 7 nitrogen and oxygen atoms in total. The number of benzene rings is 2. The zero-order valence-corrected chi connectivity index (χ0v) is 16.0. The van der Waals surface area contributed by atoms with Gasteiger partial charge in [-0.1, -0.05) is 41.6 Å². The van der Waals surface area contributed by atoms with Gasteiger partial charge in [-0.15, -0.1) is 0 Å². The number of para-hydroxylation sites is 1. The highest BCUT2D eigenvalue weighted by Gasteiger charge is 2.32. The van der Waals surface area contributed by atoms with Crippen LogP contribution in [0.25, 0.3) is 11.4 Å². The fraction of sp³-hybridized carbons (Fsp3) is 0.318. The van der Waals surface area contributed by atoms with Crippen LogP contribution >= 0.6 is 0 Å². The van der Waals surface area contributed by atoms with E-state index >= 15 is 0 Å². The Bertz CT molecular complexity index is 957. The van der Waals surface area contributed by atoms with Crippen LogP contribution in [0.15, 0.2) is 59.1 Å². The molecule has 2 heterocycles. The molecule has 1 aliphatic rings. The minimum atomic E-state index is -0.252. The Kier molecular flexibility index (Phi) is 5.86. The molecule has 1 saturated heterocycles. The summed E-state index contributed by atoms with van der Waals surface area (Å²) in [5, 5.41) is 13.4. The van der Waals surface area contributed by atoms with E-state index in [0.29, 0.717) is 24.0 Å². The number of aromatic nitrogens is 2. The summed E-state index contributed by atoms with van der Waals surface area (Å²) in [6.45, 7) is 0.560. The molecule has 3 aromatic rings. The van der Waals surface area contributed by atoms with Gasteiger partial charge in [0.1, 0.15) is 11.8 Å². The molecule has 29 heavy (non-hydrogen) atoms. The van der Waals surface area contributed by atoms with Gasteiger partial charge in [0, 0.05) is 12.1 Å². The maximum atomic E-state index is 12.8. The first kappa shape index (κ1) is 19.1. The molecule has 0 bridgehead atoms. The fourth-order valence-corrected chi connectivity index (χ4v) is 3.53. The number of nitrogens with zero attached hydrogens (tertiary/aromatic N) is 3. The van der Waals surface area contributed by atoms with Crippen LogP contribution in [0.4, 0.5) is 0 Å². The highest BCUT2D eigenvalue weighted by Crippen LogP contribution is 2.31. The Morgan fingerprint density at radius 2 is 2.03 bits per heavy atom. The van der Waals surface area contributed by atoms with Crippen molar-refractivity contribution in [1.29, 1.82) is 0 Å². The van der Waals surface area contributed by atoms with Crippen LogP contribution in [-0.4, -0.2) is 39.2 Å². The number of amides is 1. The number of rotatable bonds is 6. The minimum absolute atomic E-state index is 0.0277. The summed E-state index contributed by atoms with van der Waals surface area (Å²) in [5.74, 6) is 1.45. The van der Waals surface area contributed by atoms with Gasteiger partial charge in [-0.3, -0.25) is 4.79 Å². The zero-order chi connectivity index (χ0) is 20.1. The molecule has 7 heteroatoms. The second-order valence-corrected chi connectivity index (χ2v) is 7.02. The first-order valence-electron chi connectivity index (χ1n) is 9.75. The van der Waals surface area contributed by atoms with E-state index < -0.39 is 0 Å². The summed E-state index contributed by atoms with van der Waals surface area (Å²) >= 11 is 0. The van der Waals surface area contributed by atoms with Crippen LogP contribution in [0.5, 0.6) is 5.75 Å². The number of aliphatic hydroxyl groups excluding tert-OH is 1. The molecule has 1 fully saturated rings. The number of likely N-dealkylation sites (tertiary alicyclic amines) is 1. The molecule has 0 spiro atoms. The molecule has 150 valence electrons. The van der Waals surface area contributed by atoms with Gasteiger partial charge >= 0.3 is 0 Å². The van der Waals surface area contributed by atoms with Crippen molar-refractivity contribution in [2.75, 3.05) is 13.2 Å². The van der Waals surface area contributed by atoms with Gasteiger partial charge in [-0.2, -0.15) is 4.98 Å². The van der Waals surface area contributed by atoms with E-state index in [2.05, 4.69) is 10.1 Å². The van der Waals surface area contributed by atoms with Crippen LogP contribution in [0.1, 0.15) is 36.8 Å². The van der Waals surface area contributed by atoms with Crippen LogP contribution < -0.4 is 4.74 Å². The molecule has 2 aromatic carbocycles. The number of hydrogen-bond acceptors (Lipinski definition) is 6. The van der Waals surface area contributed by atoms with E-state index in [1.54, 1.807) is 4.90 Å². The third-order valence-corrected chi connectivity index (χ3v) is 5.02. The van der Waals surface area contributed by atoms with Gasteiger partial charge in [0.05, 0.1) is 6.61 Å². The topological polar surface area (TPSA) is 88.7 Å². The summed E-state index contributed by atoms with van der Waals surface area (Å²) < 4.78 is 11.1. The van der Waals surface area contributed by atoms with Crippen LogP contribution in [0.3, 0.4) is 0 Å². The maximum Gasteiger partial charge on any atom is 0.261 e. The summed E-state index contributed by atoms with van der Waals surface area (Å²) in [4.78, 5) is 19.1. The lowest BCUT2D eigenvalue weighted by atomic mass is 10.0. The standard InChI is InChI=1S/C22H23N3O4/c26-14-16-7-6-8-17(13-16)21-23-22(29-24-21)19-11-4-5-12-25(19)20(27)15-28-18-9-2-1-3-10-18/h1-3,6-10,13,19,26H,4-5,11-12,14-15H2. The van der Waals surface area contributed by atoms with Crippen LogP contribution in [-0.2, 0) is 11.4 Å². The van der Waals surface area contributed by atoms with Crippen molar-refractivity contribution in [3.63, 3.8) is 0 Å². The first-order chi connectivity index (χ1) is 14.2. The normalized spacial score (nSPS) is 16.6. The lowest BCUT2D eigenvalue weighted by Crippen LogP contribution is -2.41. The molecule has 1 N–H and O–H groups in total. The molecule has 4 rings (SSSR count). The fourth-order valence-electron chi connectivity index (χ4n) is 3.53. The van der Waals surface area contributed by atoms with Crippen LogP contribution in [0, 0.1) is 0 Å². The first-order valence-corrected chi connectivity index (χ1v) is 9.75. The Morgan fingerprint density at radius 1 is 1.17 bits per heavy atom. The van der Waals surface area contributed by atoms with Crippen molar-refractivity contribution in [3.05, 3.63) is 66.1 Å². The zero-order valence-electron chi connectivity index (χ0n) is 16.0. The molecule has 0 aliphatic carbocycles. The molecule has 0 radical (unpaired) electrons. The molecule has 1 unspecified atom stereocenters. The van der Waals surface area contributed by atoms with E-state index in [0.717, 1.165) is 30.4 Å². The third-order valence-electron chi connectivity index (χ3n) is 5.02. The van der Waals surface area contributed by atoms with E-state index in [1.807, 2.05) is 54.6 Å². The van der Waals surface area contributed by atoms with E-state index in [9.17, 15) is 9.90 Å².